The molecule has 1 saturated carbocycles. The minimum absolute atomic E-state index is 0.0619. The predicted molar refractivity (Wildman–Crippen MR) is 133 cm³/mol. The number of piperazine rings is 1. The van der Waals surface area contributed by atoms with Crippen molar-refractivity contribution in [1.29, 1.82) is 0 Å². The highest BCUT2D eigenvalue weighted by Gasteiger charge is 2.26. The molecule has 0 radical (unpaired) electrons. The van der Waals surface area contributed by atoms with Gasteiger partial charge in [0, 0.05) is 45.3 Å². The zero-order chi connectivity index (χ0) is 22.3. The Bertz CT molecular complexity index is 879. The topological polar surface area (TPSA) is 47.6 Å². The maximum atomic E-state index is 12.2. The van der Waals surface area contributed by atoms with Crippen LogP contribution in [0.2, 0.25) is 10.0 Å². The van der Waals surface area contributed by atoms with Crippen LogP contribution >= 0.6 is 23.2 Å². The van der Waals surface area contributed by atoms with Gasteiger partial charge in [-0.05, 0) is 49.3 Å². The standard InChI is InChI=1S/C25H32Cl2N4O/c26-22-7-4-8-23(24(22)27)31-15-13-30(14-16-31)18-20-9-11-21(12-10-20)29-25(32)28-17-19-5-2-1-3-6-19/h1-8,20-21H,9-18H2,(H2,28,29,32)/t20-,21-. The molecular weight excluding hydrogens is 443 g/mol. The van der Waals surface area contributed by atoms with Crippen molar-refractivity contribution in [2.75, 3.05) is 37.6 Å². The quantitative estimate of drug-likeness (QED) is 0.606. The summed E-state index contributed by atoms with van der Waals surface area (Å²) in [4.78, 5) is 17.1. The first kappa shape index (κ1) is 23.2. The van der Waals surface area contributed by atoms with Crippen molar-refractivity contribution >= 4 is 34.9 Å². The molecule has 2 aromatic rings. The molecule has 5 nitrogen and oxygen atoms in total. The third-order valence-electron chi connectivity index (χ3n) is 6.64. The summed E-state index contributed by atoms with van der Waals surface area (Å²) in [6.45, 7) is 5.74. The number of halogens is 2. The van der Waals surface area contributed by atoms with E-state index in [0.29, 0.717) is 22.5 Å². The highest BCUT2D eigenvalue weighted by Crippen LogP contribution is 2.33. The zero-order valence-electron chi connectivity index (χ0n) is 18.4. The Kier molecular flexibility index (Phi) is 8.17. The molecule has 32 heavy (non-hydrogen) atoms. The normalized spacial score (nSPS) is 21.9. The fraction of sp³-hybridized carbons (Fsp3) is 0.480. The minimum Gasteiger partial charge on any atom is -0.368 e. The first-order valence-corrected chi connectivity index (χ1v) is 12.3. The summed E-state index contributed by atoms with van der Waals surface area (Å²) in [7, 11) is 0. The van der Waals surface area contributed by atoms with E-state index >= 15 is 0 Å². The number of carbonyl (C=O) groups is 1. The lowest BCUT2D eigenvalue weighted by Crippen LogP contribution is -2.49. The van der Waals surface area contributed by atoms with Crippen LogP contribution in [0.4, 0.5) is 10.5 Å². The number of urea groups is 1. The van der Waals surface area contributed by atoms with Crippen LogP contribution in [0.15, 0.2) is 48.5 Å². The van der Waals surface area contributed by atoms with Crippen LogP contribution in [0.25, 0.3) is 0 Å². The Morgan fingerprint density at radius 2 is 1.62 bits per heavy atom. The van der Waals surface area contributed by atoms with Crippen molar-refractivity contribution in [3.05, 3.63) is 64.1 Å². The largest absolute Gasteiger partial charge is 0.368 e. The average molecular weight is 475 g/mol. The molecule has 1 aliphatic heterocycles. The highest BCUT2D eigenvalue weighted by atomic mass is 35.5. The zero-order valence-corrected chi connectivity index (χ0v) is 19.9. The summed E-state index contributed by atoms with van der Waals surface area (Å²) in [6, 6.07) is 16.1. The predicted octanol–water partition coefficient (Wildman–Crippen LogP) is 5.17. The number of nitrogens with one attached hydrogen (secondary N) is 2. The Morgan fingerprint density at radius 3 is 2.34 bits per heavy atom. The van der Waals surface area contributed by atoms with Gasteiger partial charge in [-0.2, -0.15) is 0 Å². The second kappa shape index (κ2) is 11.3. The molecule has 0 bridgehead atoms. The summed E-state index contributed by atoms with van der Waals surface area (Å²) in [5.41, 5.74) is 2.15. The summed E-state index contributed by atoms with van der Waals surface area (Å²) in [5, 5.41) is 7.39. The van der Waals surface area contributed by atoms with E-state index in [1.54, 1.807) is 0 Å². The van der Waals surface area contributed by atoms with Gasteiger partial charge in [0.2, 0.25) is 0 Å². The van der Waals surface area contributed by atoms with Crippen LogP contribution < -0.4 is 15.5 Å². The Balaban J connectivity index is 1.14. The van der Waals surface area contributed by atoms with Crippen molar-refractivity contribution in [3.63, 3.8) is 0 Å². The number of anilines is 1. The first-order valence-electron chi connectivity index (χ1n) is 11.6. The smallest absolute Gasteiger partial charge is 0.315 e. The van der Waals surface area contributed by atoms with Gasteiger partial charge in [-0.1, -0.05) is 59.6 Å². The fourth-order valence-electron chi connectivity index (χ4n) is 4.78. The van der Waals surface area contributed by atoms with Crippen LogP contribution in [0.1, 0.15) is 31.2 Å². The number of rotatable bonds is 6. The molecule has 0 unspecified atom stereocenters. The first-order chi connectivity index (χ1) is 15.6. The molecule has 2 amide bonds. The van der Waals surface area contributed by atoms with E-state index in [1.165, 1.54) is 12.8 Å². The maximum Gasteiger partial charge on any atom is 0.315 e. The van der Waals surface area contributed by atoms with Crippen molar-refractivity contribution in [3.8, 4) is 0 Å². The number of hydrogen-bond acceptors (Lipinski definition) is 3. The Morgan fingerprint density at radius 1 is 0.906 bits per heavy atom. The van der Waals surface area contributed by atoms with Gasteiger partial charge in [-0.3, -0.25) is 4.90 Å². The molecule has 2 fully saturated rings. The summed E-state index contributed by atoms with van der Waals surface area (Å²) in [5.74, 6) is 0.710. The molecule has 1 heterocycles. The van der Waals surface area contributed by atoms with Gasteiger partial charge < -0.3 is 15.5 Å². The lowest BCUT2D eigenvalue weighted by Gasteiger charge is -2.39. The third kappa shape index (κ3) is 6.31. The molecule has 1 aliphatic carbocycles. The van der Waals surface area contributed by atoms with Gasteiger partial charge in [-0.25, -0.2) is 4.79 Å². The summed E-state index contributed by atoms with van der Waals surface area (Å²) in [6.07, 6.45) is 4.46. The van der Waals surface area contributed by atoms with Gasteiger partial charge >= 0.3 is 6.03 Å². The van der Waals surface area contributed by atoms with E-state index < -0.39 is 0 Å². The third-order valence-corrected chi connectivity index (χ3v) is 7.45. The lowest BCUT2D eigenvalue weighted by atomic mass is 9.85. The van der Waals surface area contributed by atoms with Gasteiger partial charge in [0.05, 0.1) is 15.7 Å². The monoisotopic (exact) mass is 474 g/mol. The molecule has 2 aliphatic rings. The average Bonchev–Trinajstić information content (AvgIpc) is 2.82. The van der Waals surface area contributed by atoms with Gasteiger partial charge in [0.1, 0.15) is 0 Å². The van der Waals surface area contributed by atoms with Crippen LogP contribution in [0.3, 0.4) is 0 Å². The lowest BCUT2D eigenvalue weighted by molar-refractivity contribution is 0.179. The molecule has 0 atom stereocenters. The Hall–Kier alpha value is -1.95. The van der Waals surface area contributed by atoms with E-state index in [4.69, 9.17) is 23.2 Å². The van der Waals surface area contributed by atoms with E-state index in [9.17, 15) is 4.79 Å². The molecule has 4 rings (SSSR count). The number of amides is 2. The Labute approximate surface area is 201 Å². The number of nitrogens with zero attached hydrogens (tertiary/aromatic N) is 2. The molecule has 0 aromatic heterocycles. The second-order valence-electron chi connectivity index (χ2n) is 8.89. The number of carbonyl (C=O) groups excluding carboxylic acids is 1. The summed E-state index contributed by atoms with van der Waals surface area (Å²) >= 11 is 12.6. The van der Waals surface area contributed by atoms with Crippen LogP contribution in [-0.4, -0.2) is 49.7 Å². The minimum atomic E-state index is -0.0619. The fourth-order valence-corrected chi connectivity index (χ4v) is 5.19. The van der Waals surface area contributed by atoms with E-state index in [0.717, 1.165) is 56.8 Å². The highest BCUT2D eigenvalue weighted by molar-refractivity contribution is 6.43. The van der Waals surface area contributed by atoms with E-state index in [1.807, 2.05) is 48.5 Å². The number of benzene rings is 2. The van der Waals surface area contributed by atoms with Gasteiger partial charge in [0.15, 0.2) is 0 Å². The molecule has 2 N–H and O–H groups in total. The van der Waals surface area contributed by atoms with Gasteiger partial charge in [0.25, 0.3) is 0 Å². The van der Waals surface area contributed by atoms with Crippen LogP contribution in [0, 0.1) is 5.92 Å². The number of hydrogen-bond donors (Lipinski definition) is 2. The summed E-state index contributed by atoms with van der Waals surface area (Å²) < 4.78 is 0. The van der Waals surface area contributed by atoms with E-state index in [-0.39, 0.29) is 12.1 Å². The molecule has 2 aromatic carbocycles. The molecular formula is C25H32Cl2N4O. The van der Waals surface area contributed by atoms with Crippen molar-refractivity contribution < 1.29 is 4.79 Å². The maximum absolute atomic E-state index is 12.2. The van der Waals surface area contributed by atoms with Crippen molar-refractivity contribution in [2.45, 2.75) is 38.3 Å². The SMILES string of the molecule is O=C(NCc1ccccc1)N[C@H]1CC[C@H](CN2CCN(c3cccc(Cl)c3Cl)CC2)CC1. The molecule has 7 heteroatoms. The van der Waals surface area contributed by atoms with Crippen LogP contribution in [-0.2, 0) is 6.54 Å². The molecule has 0 spiro atoms. The van der Waals surface area contributed by atoms with Crippen molar-refractivity contribution in [1.82, 2.24) is 15.5 Å². The van der Waals surface area contributed by atoms with Crippen molar-refractivity contribution in [2.24, 2.45) is 5.92 Å². The van der Waals surface area contributed by atoms with E-state index in [2.05, 4.69) is 20.4 Å². The van der Waals surface area contributed by atoms with Gasteiger partial charge in [-0.15, -0.1) is 0 Å². The molecule has 1 saturated heterocycles. The molecule has 172 valence electrons. The second-order valence-corrected chi connectivity index (χ2v) is 9.68. The van der Waals surface area contributed by atoms with Crippen LogP contribution in [0.5, 0.6) is 0 Å².